The highest BCUT2D eigenvalue weighted by Crippen LogP contribution is 2.25. The van der Waals surface area contributed by atoms with Crippen LogP contribution in [0.1, 0.15) is 36.0 Å². The van der Waals surface area contributed by atoms with Crippen molar-refractivity contribution in [2.75, 3.05) is 13.2 Å². The Balaban J connectivity index is 1.79. The topological polar surface area (TPSA) is 53.4 Å². The van der Waals surface area contributed by atoms with Gasteiger partial charge in [0.1, 0.15) is 0 Å². The highest BCUT2D eigenvalue weighted by molar-refractivity contribution is 7.16. The number of aromatic nitrogens is 1. The van der Waals surface area contributed by atoms with Crippen molar-refractivity contribution in [3.8, 4) is 0 Å². The van der Waals surface area contributed by atoms with Gasteiger partial charge in [-0.3, -0.25) is 4.79 Å². The monoisotopic (exact) mass is 290 g/mol. The average Bonchev–Trinajstić information content (AvgIpc) is 3.12. The molecule has 0 spiro atoms. The molecule has 3 rings (SSSR count). The molecule has 20 heavy (non-hydrogen) atoms. The van der Waals surface area contributed by atoms with Crippen molar-refractivity contribution in [1.82, 2.24) is 9.88 Å². The lowest BCUT2D eigenvalue weighted by atomic mass is 10.1. The Morgan fingerprint density at radius 1 is 1.50 bits per heavy atom. The van der Waals surface area contributed by atoms with Gasteiger partial charge in [0.05, 0.1) is 15.7 Å². The molecule has 1 aliphatic heterocycles. The number of carbonyl (C=O) groups excluding carboxylic acids is 1. The normalized spacial score (nSPS) is 18.9. The molecule has 0 aliphatic carbocycles. The summed E-state index contributed by atoms with van der Waals surface area (Å²) in [6, 6.07) is 6.01. The maximum atomic E-state index is 12.6. The van der Waals surface area contributed by atoms with E-state index in [0.29, 0.717) is 0 Å². The second-order valence-electron chi connectivity index (χ2n) is 5.20. The third-order valence-electron chi connectivity index (χ3n) is 3.91. The maximum absolute atomic E-state index is 12.6. The second-order valence-corrected chi connectivity index (χ2v) is 6.08. The summed E-state index contributed by atoms with van der Waals surface area (Å²) in [5, 5.41) is 8.95. The van der Waals surface area contributed by atoms with Gasteiger partial charge in [0.25, 0.3) is 5.91 Å². The van der Waals surface area contributed by atoms with Crippen LogP contribution in [0.2, 0.25) is 0 Å². The van der Waals surface area contributed by atoms with Crippen LogP contribution >= 0.6 is 11.3 Å². The second kappa shape index (κ2) is 5.89. The molecule has 5 heteroatoms. The largest absolute Gasteiger partial charge is 0.396 e. The summed E-state index contributed by atoms with van der Waals surface area (Å²) in [6.45, 7) is 1.03. The summed E-state index contributed by atoms with van der Waals surface area (Å²) >= 11 is 1.56. The number of thiazole rings is 1. The molecule has 1 amide bonds. The zero-order valence-corrected chi connectivity index (χ0v) is 12.1. The molecule has 1 unspecified atom stereocenters. The molecule has 1 aromatic carbocycles. The summed E-state index contributed by atoms with van der Waals surface area (Å²) in [7, 11) is 0. The minimum Gasteiger partial charge on any atom is -0.396 e. The zero-order valence-electron chi connectivity index (χ0n) is 11.3. The van der Waals surface area contributed by atoms with Crippen molar-refractivity contribution in [1.29, 1.82) is 0 Å². The van der Waals surface area contributed by atoms with Gasteiger partial charge in [0.2, 0.25) is 0 Å². The van der Waals surface area contributed by atoms with E-state index >= 15 is 0 Å². The van der Waals surface area contributed by atoms with Crippen LogP contribution in [-0.4, -0.2) is 40.1 Å². The van der Waals surface area contributed by atoms with E-state index in [2.05, 4.69) is 4.98 Å². The van der Waals surface area contributed by atoms with Crippen LogP contribution < -0.4 is 0 Å². The molecule has 4 nitrogen and oxygen atoms in total. The predicted molar refractivity (Wildman–Crippen MR) is 80.0 cm³/mol. The van der Waals surface area contributed by atoms with E-state index in [1.54, 1.807) is 16.8 Å². The summed E-state index contributed by atoms with van der Waals surface area (Å²) < 4.78 is 1.06. The lowest BCUT2D eigenvalue weighted by Crippen LogP contribution is -2.35. The third-order valence-corrected chi connectivity index (χ3v) is 4.70. The van der Waals surface area contributed by atoms with Crippen LogP contribution in [-0.2, 0) is 0 Å². The van der Waals surface area contributed by atoms with Crippen molar-refractivity contribution in [2.45, 2.75) is 31.7 Å². The minimum atomic E-state index is 0.112. The van der Waals surface area contributed by atoms with Gasteiger partial charge in [-0.2, -0.15) is 0 Å². The molecule has 0 radical (unpaired) electrons. The fourth-order valence-corrected chi connectivity index (χ4v) is 3.60. The number of carbonyl (C=O) groups is 1. The van der Waals surface area contributed by atoms with Gasteiger partial charge in [0.15, 0.2) is 0 Å². The van der Waals surface area contributed by atoms with E-state index in [4.69, 9.17) is 5.11 Å². The first-order chi connectivity index (χ1) is 9.79. The molecular weight excluding hydrogens is 272 g/mol. The Labute approximate surface area is 122 Å². The van der Waals surface area contributed by atoms with E-state index in [0.717, 1.165) is 48.0 Å². The van der Waals surface area contributed by atoms with Crippen LogP contribution in [0.25, 0.3) is 10.2 Å². The van der Waals surface area contributed by atoms with Gasteiger partial charge in [0, 0.05) is 24.8 Å². The van der Waals surface area contributed by atoms with E-state index in [-0.39, 0.29) is 18.6 Å². The van der Waals surface area contributed by atoms with Crippen molar-refractivity contribution in [2.24, 2.45) is 0 Å². The molecular formula is C15H18N2O2S. The van der Waals surface area contributed by atoms with Crippen LogP contribution in [0, 0.1) is 0 Å². The number of amides is 1. The Kier molecular flexibility index (Phi) is 3.98. The van der Waals surface area contributed by atoms with E-state index in [9.17, 15) is 4.79 Å². The molecule has 0 saturated carbocycles. The van der Waals surface area contributed by atoms with Gasteiger partial charge in [-0.15, -0.1) is 11.3 Å². The Bertz CT molecular complexity index is 611. The van der Waals surface area contributed by atoms with Crippen LogP contribution in [0.15, 0.2) is 23.7 Å². The maximum Gasteiger partial charge on any atom is 0.254 e. The number of rotatable bonds is 4. The highest BCUT2D eigenvalue weighted by atomic mass is 32.1. The fourth-order valence-electron chi connectivity index (χ4n) is 2.88. The SMILES string of the molecule is O=C(c1ccc2ncsc2c1)N1CCCC1CCCO. The summed E-state index contributed by atoms with van der Waals surface area (Å²) in [6.07, 6.45) is 3.77. The fraction of sp³-hybridized carbons (Fsp3) is 0.467. The van der Waals surface area contributed by atoms with Gasteiger partial charge >= 0.3 is 0 Å². The lowest BCUT2D eigenvalue weighted by molar-refractivity contribution is 0.0724. The highest BCUT2D eigenvalue weighted by Gasteiger charge is 2.28. The summed E-state index contributed by atoms with van der Waals surface area (Å²) in [5.41, 5.74) is 3.50. The van der Waals surface area contributed by atoms with Crippen LogP contribution in [0.5, 0.6) is 0 Å². The Hall–Kier alpha value is -1.46. The zero-order chi connectivity index (χ0) is 13.9. The molecule has 1 fully saturated rings. The molecule has 1 saturated heterocycles. The van der Waals surface area contributed by atoms with Crippen molar-refractivity contribution in [3.63, 3.8) is 0 Å². The van der Waals surface area contributed by atoms with Crippen molar-refractivity contribution in [3.05, 3.63) is 29.3 Å². The van der Waals surface area contributed by atoms with Crippen molar-refractivity contribution >= 4 is 27.5 Å². The smallest absolute Gasteiger partial charge is 0.254 e. The molecule has 1 aliphatic rings. The quantitative estimate of drug-likeness (QED) is 0.942. The van der Waals surface area contributed by atoms with Crippen LogP contribution in [0.4, 0.5) is 0 Å². The Morgan fingerprint density at radius 3 is 3.25 bits per heavy atom. The van der Waals surface area contributed by atoms with Gasteiger partial charge in [-0.25, -0.2) is 4.98 Å². The summed E-state index contributed by atoms with van der Waals surface area (Å²) in [4.78, 5) is 18.8. The average molecular weight is 290 g/mol. The predicted octanol–water partition coefficient (Wildman–Crippen LogP) is 2.67. The minimum absolute atomic E-state index is 0.112. The number of aliphatic hydroxyl groups excluding tert-OH is 1. The number of nitrogens with zero attached hydrogens (tertiary/aromatic N) is 2. The van der Waals surface area contributed by atoms with Gasteiger partial charge < -0.3 is 10.0 Å². The van der Waals surface area contributed by atoms with Crippen LogP contribution in [0.3, 0.4) is 0 Å². The third kappa shape index (κ3) is 2.55. The molecule has 106 valence electrons. The first-order valence-electron chi connectivity index (χ1n) is 7.04. The number of fused-ring (bicyclic) bond motifs is 1. The summed E-state index contributed by atoms with van der Waals surface area (Å²) in [5.74, 6) is 0.112. The van der Waals surface area contributed by atoms with Gasteiger partial charge in [-0.05, 0) is 43.9 Å². The molecule has 1 N–H and O–H groups in total. The number of likely N-dealkylation sites (tertiary alicyclic amines) is 1. The van der Waals surface area contributed by atoms with Crippen molar-refractivity contribution < 1.29 is 9.90 Å². The first kappa shape index (κ1) is 13.5. The first-order valence-corrected chi connectivity index (χ1v) is 7.92. The van der Waals surface area contributed by atoms with E-state index in [1.807, 2.05) is 23.1 Å². The molecule has 1 atom stereocenters. The van der Waals surface area contributed by atoms with E-state index < -0.39 is 0 Å². The molecule has 2 aromatic rings. The number of benzene rings is 1. The number of hydrogen-bond acceptors (Lipinski definition) is 4. The molecule has 1 aromatic heterocycles. The standard InChI is InChI=1S/C15H18N2O2S/c18-8-2-4-12-3-1-7-17(12)15(19)11-5-6-13-14(9-11)20-10-16-13/h5-6,9-10,12,18H,1-4,7-8H2. The van der Waals surface area contributed by atoms with Gasteiger partial charge in [-0.1, -0.05) is 0 Å². The Morgan fingerprint density at radius 2 is 2.40 bits per heavy atom. The molecule has 2 heterocycles. The van der Waals surface area contributed by atoms with E-state index in [1.165, 1.54) is 0 Å². The lowest BCUT2D eigenvalue weighted by Gasteiger charge is -2.24. The number of hydrogen-bond donors (Lipinski definition) is 1. The number of aliphatic hydroxyl groups is 1. The molecule has 0 bridgehead atoms.